The predicted octanol–water partition coefficient (Wildman–Crippen LogP) is 5.10. The van der Waals surface area contributed by atoms with Crippen molar-refractivity contribution in [2.75, 3.05) is 39.8 Å². The number of likely N-dealkylation sites (N-methyl/N-ethyl adjacent to an activating group) is 1. The molecule has 34 heavy (non-hydrogen) atoms. The SMILES string of the molecule is CN1CCN(Cc2cc(-c3ccc(Cl)cc3)ccc2OCC(=O)NCc2ccc(Cl)cc2)CC1. The first-order valence-electron chi connectivity index (χ1n) is 11.4. The summed E-state index contributed by atoms with van der Waals surface area (Å²) in [5.41, 5.74) is 4.25. The second-order valence-corrected chi connectivity index (χ2v) is 9.47. The molecular weight excluding hydrogens is 469 g/mol. The molecule has 1 fully saturated rings. The molecule has 3 aromatic carbocycles. The van der Waals surface area contributed by atoms with E-state index >= 15 is 0 Å². The van der Waals surface area contributed by atoms with E-state index in [2.05, 4.69) is 28.2 Å². The van der Waals surface area contributed by atoms with E-state index in [9.17, 15) is 4.79 Å². The van der Waals surface area contributed by atoms with E-state index in [0.717, 1.165) is 60.7 Å². The van der Waals surface area contributed by atoms with Crippen molar-refractivity contribution >= 4 is 29.1 Å². The van der Waals surface area contributed by atoms with E-state index in [4.69, 9.17) is 27.9 Å². The number of benzene rings is 3. The van der Waals surface area contributed by atoms with Gasteiger partial charge in [0.15, 0.2) is 6.61 Å². The largest absolute Gasteiger partial charge is 0.483 e. The van der Waals surface area contributed by atoms with Crippen molar-refractivity contribution in [1.29, 1.82) is 0 Å². The average molecular weight is 498 g/mol. The molecule has 0 bridgehead atoms. The van der Waals surface area contributed by atoms with E-state index in [1.54, 1.807) is 0 Å². The summed E-state index contributed by atoms with van der Waals surface area (Å²) in [6.45, 7) is 5.26. The topological polar surface area (TPSA) is 44.8 Å². The minimum Gasteiger partial charge on any atom is -0.483 e. The van der Waals surface area contributed by atoms with Gasteiger partial charge < -0.3 is 15.0 Å². The summed E-state index contributed by atoms with van der Waals surface area (Å²) >= 11 is 12.0. The van der Waals surface area contributed by atoms with E-state index in [1.807, 2.05) is 60.7 Å². The smallest absolute Gasteiger partial charge is 0.258 e. The highest BCUT2D eigenvalue weighted by molar-refractivity contribution is 6.30. The van der Waals surface area contributed by atoms with Gasteiger partial charge in [0.05, 0.1) is 0 Å². The maximum Gasteiger partial charge on any atom is 0.258 e. The monoisotopic (exact) mass is 497 g/mol. The van der Waals surface area contributed by atoms with Crippen LogP contribution in [0.4, 0.5) is 0 Å². The Morgan fingerprint density at radius 3 is 2.18 bits per heavy atom. The van der Waals surface area contributed by atoms with Crippen molar-refractivity contribution in [3.05, 3.63) is 87.9 Å². The summed E-state index contributed by atoms with van der Waals surface area (Å²) < 4.78 is 5.99. The highest BCUT2D eigenvalue weighted by Crippen LogP contribution is 2.29. The van der Waals surface area contributed by atoms with E-state index in [0.29, 0.717) is 16.6 Å². The number of halogens is 2. The van der Waals surface area contributed by atoms with Crippen LogP contribution in [0.2, 0.25) is 10.0 Å². The van der Waals surface area contributed by atoms with Gasteiger partial charge in [0.1, 0.15) is 5.75 Å². The summed E-state index contributed by atoms with van der Waals surface area (Å²) in [4.78, 5) is 17.2. The maximum atomic E-state index is 12.4. The van der Waals surface area contributed by atoms with Gasteiger partial charge >= 0.3 is 0 Å². The molecule has 7 heteroatoms. The van der Waals surface area contributed by atoms with Gasteiger partial charge in [-0.15, -0.1) is 0 Å². The average Bonchev–Trinajstić information content (AvgIpc) is 2.85. The molecule has 4 rings (SSSR count). The quantitative estimate of drug-likeness (QED) is 0.469. The number of amides is 1. The van der Waals surface area contributed by atoms with Gasteiger partial charge in [-0.25, -0.2) is 0 Å². The van der Waals surface area contributed by atoms with Gasteiger partial charge in [0.25, 0.3) is 5.91 Å². The normalized spacial score (nSPS) is 14.7. The molecule has 0 saturated carbocycles. The van der Waals surface area contributed by atoms with Crippen molar-refractivity contribution in [2.24, 2.45) is 0 Å². The Hall–Kier alpha value is -2.57. The third kappa shape index (κ3) is 6.97. The van der Waals surface area contributed by atoms with Crippen LogP contribution in [-0.4, -0.2) is 55.5 Å². The van der Waals surface area contributed by atoms with Gasteiger partial charge in [-0.05, 0) is 60.1 Å². The van der Waals surface area contributed by atoms with Crippen LogP contribution in [0, 0.1) is 0 Å². The van der Waals surface area contributed by atoms with Crippen LogP contribution >= 0.6 is 23.2 Å². The highest BCUT2D eigenvalue weighted by atomic mass is 35.5. The Morgan fingerprint density at radius 2 is 1.50 bits per heavy atom. The second kappa shape index (κ2) is 11.7. The zero-order chi connectivity index (χ0) is 23.9. The molecular formula is C27H29Cl2N3O2. The number of piperazine rings is 1. The van der Waals surface area contributed by atoms with Crippen LogP contribution in [0.5, 0.6) is 5.75 Å². The second-order valence-electron chi connectivity index (χ2n) is 8.60. The van der Waals surface area contributed by atoms with Gasteiger partial charge in [-0.2, -0.15) is 0 Å². The lowest BCUT2D eigenvalue weighted by atomic mass is 10.0. The summed E-state index contributed by atoms with van der Waals surface area (Å²) in [6.07, 6.45) is 0. The first-order chi connectivity index (χ1) is 16.5. The Balaban J connectivity index is 1.44. The van der Waals surface area contributed by atoms with Gasteiger partial charge in [-0.1, -0.05) is 53.5 Å². The maximum absolute atomic E-state index is 12.4. The summed E-state index contributed by atoms with van der Waals surface area (Å²) in [7, 11) is 2.15. The molecule has 178 valence electrons. The fourth-order valence-electron chi connectivity index (χ4n) is 3.91. The summed E-state index contributed by atoms with van der Waals surface area (Å²) in [5, 5.41) is 4.29. The van der Waals surface area contributed by atoms with Crippen LogP contribution in [-0.2, 0) is 17.9 Å². The molecule has 1 amide bonds. The lowest BCUT2D eigenvalue weighted by Gasteiger charge is -2.32. The standard InChI is InChI=1S/C27H29Cl2N3O2/c1-31-12-14-32(15-13-31)18-23-16-22(21-4-9-25(29)10-5-21)6-11-26(23)34-19-27(33)30-17-20-2-7-24(28)8-3-20/h2-11,16H,12-15,17-19H2,1H3,(H,30,33). The zero-order valence-electron chi connectivity index (χ0n) is 19.3. The molecule has 0 aliphatic carbocycles. The number of hydrogen-bond acceptors (Lipinski definition) is 4. The van der Waals surface area contributed by atoms with E-state index in [-0.39, 0.29) is 12.5 Å². The molecule has 1 aliphatic heterocycles. The highest BCUT2D eigenvalue weighted by Gasteiger charge is 2.17. The molecule has 0 aromatic heterocycles. The molecule has 1 saturated heterocycles. The fourth-order valence-corrected chi connectivity index (χ4v) is 4.16. The number of ether oxygens (including phenoxy) is 1. The van der Waals surface area contributed by atoms with Crippen molar-refractivity contribution in [2.45, 2.75) is 13.1 Å². The lowest BCUT2D eigenvalue weighted by molar-refractivity contribution is -0.123. The van der Waals surface area contributed by atoms with Crippen molar-refractivity contribution in [1.82, 2.24) is 15.1 Å². The Labute approximate surface area is 211 Å². The predicted molar refractivity (Wildman–Crippen MR) is 138 cm³/mol. The molecule has 1 aliphatic rings. The Bertz CT molecular complexity index is 1100. The summed E-state index contributed by atoms with van der Waals surface area (Å²) in [6, 6.07) is 21.4. The van der Waals surface area contributed by atoms with Gasteiger partial charge in [-0.3, -0.25) is 9.69 Å². The molecule has 0 spiro atoms. The third-order valence-corrected chi connectivity index (χ3v) is 6.49. The Morgan fingerprint density at radius 1 is 0.882 bits per heavy atom. The molecule has 1 N–H and O–H groups in total. The number of carbonyl (C=O) groups excluding carboxylic acids is 1. The van der Waals surface area contributed by atoms with Crippen LogP contribution < -0.4 is 10.1 Å². The van der Waals surface area contributed by atoms with Crippen molar-refractivity contribution in [3.63, 3.8) is 0 Å². The third-order valence-electron chi connectivity index (χ3n) is 5.99. The van der Waals surface area contributed by atoms with Crippen LogP contribution in [0.25, 0.3) is 11.1 Å². The first kappa shape index (κ1) is 24.6. The molecule has 3 aromatic rings. The number of hydrogen-bond donors (Lipinski definition) is 1. The lowest BCUT2D eigenvalue weighted by Crippen LogP contribution is -2.43. The molecule has 0 atom stereocenters. The van der Waals surface area contributed by atoms with Crippen molar-refractivity contribution < 1.29 is 9.53 Å². The fraction of sp³-hybridized carbons (Fsp3) is 0.296. The summed E-state index contributed by atoms with van der Waals surface area (Å²) in [5.74, 6) is 0.570. The number of nitrogens with one attached hydrogen (secondary N) is 1. The molecule has 1 heterocycles. The number of rotatable bonds is 8. The first-order valence-corrected chi connectivity index (χ1v) is 12.2. The van der Waals surface area contributed by atoms with E-state index in [1.165, 1.54) is 0 Å². The minimum absolute atomic E-state index is 0.0381. The molecule has 0 unspecified atom stereocenters. The molecule has 5 nitrogen and oxygen atoms in total. The van der Waals surface area contributed by atoms with E-state index < -0.39 is 0 Å². The van der Waals surface area contributed by atoms with Crippen molar-refractivity contribution in [3.8, 4) is 16.9 Å². The molecule has 0 radical (unpaired) electrons. The van der Waals surface area contributed by atoms with Crippen LogP contribution in [0.15, 0.2) is 66.7 Å². The number of nitrogens with zero attached hydrogens (tertiary/aromatic N) is 2. The Kier molecular flexibility index (Phi) is 8.46. The zero-order valence-corrected chi connectivity index (χ0v) is 20.8. The van der Waals surface area contributed by atoms with Gasteiger partial charge in [0.2, 0.25) is 0 Å². The van der Waals surface area contributed by atoms with Crippen LogP contribution in [0.1, 0.15) is 11.1 Å². The number of carbonyl (C=O) groups is 1. The van der Waals surface area contributed by atoms with Crippen LogP contribution in [0.3, 0.4) is 0 Å². The minimum atomic E-state index is -0.165. The van der Waals surface area contributed by atoms with Gasteiger partial charge in [0, 0.05) is 54.9 Å².